The standard InChI is InChI=1S/C21H23BrFN5O/c1-15-11-18(29)4-6-20(15)27-21(25-7-2-9-28-10-8-24-14-28)26-13-16-12-17(22)3-5-19(16)23/h3-6,8,10-12,14,29H,2,7,9,13H2,1H3,(H2,25,26,27). The molecular weight excluding hydrogens is 437 g/mol. The van der Waals surface area contributed by atoms with E-state index in [1.54, 1.807) is 42.9 Å². The molecule has 3 rings (SSSR count). The third kappa shape index (κ3) is 6.32. The number of hydrogen-bond donors (Lipinski definition) is 3. The topological polar surface area (TPSA) is 74.5 Å². The Hall–Kier alpha value is -2.87. The van der Waals surface area contributed by atoms with E-state index in [1.165, 1.54) is 6.07 Å². The number of hydrogen-bond acceptors (Lipinski definition) is 3. The fourth-order valence-electron chi connectivity index (χ4n) is 2.77. The summed E-state index contributed by atoms with van der Waals surface area (Å²) in [6.07, 6.45) is 6.32. The molecule has 2 aromatic carbocycles. The van der Waals surface area contributed by atoms with Crippen molar-refractivity contribution in [1.29, 1.82) is 0 Å². The zero-order chi connectivity index (χ0) is 20.6. The minimum Gasteiger partial charge on any atom is -0.508 e. The Kier molecular flexibility index (Phi) is 7.24. The van der Waals surface area contributed by atoms with Gasteiger partial charge in [-0.2, -0.15) is 0 Å². The van der Waals surface area contributed by atoms with Crippen molar-refractivity contribution in [2.24, 2.45) is 4.99 Å². The van der Waals surface area contributed by atoms with Crippen LogP contribution in [-0.4, -0.2) is 27.2 Å². The molecular formula is C21H23BrFN5O. The van der Waals surface area contributed by atoms with Gasteiger partial charge >= 0.3 is 0 Å². The number of anilines is 1. The zero-order valence-corrected chi connectivity index (χ0v) is 17.7. The summed E-state index contributed by atoms with van der Waals surface area (Å²) in [6.45, 7) is 3.60. The zero-order valence-electron chi connectivity index (χ0n) is 16.1. The van der Waals surface area contributed by atoms with Crippen molar-refractivity contribution >= 4 is 27.6 Å². The van der Waals surface area contributed by atoms with E-state index in [-0.39, 0.29) is 18.1 Å². The van der Waals surface area contributed by atoms with E-state index in [0.717, 1.165) is 28.7 Å². The SMILES string of the molecule is Cc1cc(O)ccc1NC(=NCc1cc(Br)ccc1F)NCCCn1ccnc1. The maximum atomic E-state index is 14.1. The lowest BCUT2D eigenvalue weighted by Crippen LogP contribution is -2.32. The molecule has 0 saturated carbocycles. The monoisotopic (exact) mass is 459 g/mol. The molecule has 1 aromatic heterocycles. The highest BCUT2D eigenvalue weighted by molar-refractivity contribution is 9.10. The number of nitrogens with one attached hydrogen (secondary N) is 2. The molecule has 0 radical (unpaired) electrons. The Balaban J connectivity index is 1.69. The molecule has 6 nitrogen and oxygen atoms in total. The van der Waals surface area contributed by atoms with E-state index in [9.17, 15) is 9.50 Å². The summed E-state index contributed by atoms with van der Waals surface area (Å²) >= 11 is 3.37. The van der Waals surface area contributed by atoms with Gasteiger partial charge in [-0.3, -0.25) is 0 Å². The highest BCUT2D eigenvalue weighted by atomic mass is 79.9. The van der Waals surface area contributed by atoms with Crippen molar-refractivity contribution in [2.75, 3.05) is 11.9 Å². The second-order valence-corrected chi connectivity index (χ2v) is 7.52. The van der Waals surface area contributed by atoms with Crippen LogP contribution in [0.2, 0.25) is 0 Å². The van der Waals surface area contributed by atoms with Crippen molar-refractivity contribution in [2.45, 2.75) is 26.4 Å². The minimum atomic E-state index is -0.294. The van der Waals surface area contributed by atoms with E-state index in [0.29, 0.717) is 18.1 Å². The highest BCUT2D eigenvalue weighted by Crippen LogP contribution is 2.20. The third-order valence-corrected chi connectivity index (χ3v) is 4.82. The van der Waals surface area contributed by atoms with Crippen molar-refractivity contribution in [1.82, 2.24) is 14.9 Å². The normalized spacial score (nSPS) is 11.5. The molecule has 152 valence electrons. The predicted octanol–water partition coefficient (Wildman–Crippen LogP) is 4.45. The number of aryl methyl sites for hydroxylation is 2. The fourth-order valence-corrected chi connectivity index (χ4v) is 3.18. The van der Waals surface area contributed by atoms with Gasteiger partial charge in [0.2, 0.25) is 0 Å². The number of rotatable bonds is 7. The lowest BCUT2D eigenvalue weighted by molar-refractivity contribution is 0.475. The van der Waals surface area contributed by atoms with Gasteiger partial charge in [0.15, 0.2) is 5.96 Å². The molecule has 0 saturated heterocycles. The van der Waals surface area contributed by atoms with Gasteiger partial charge in [0.1, 0.15) is 11.6 Å². The quantitative estimate of drug-likeness (QED) is 0.211. The average Bonchev–Trinajstić information content (AvgIpc) is 3.21. The largest absolute Gasteiger partial charge is 0.508 e. The van der Waals surface area contributed by atoms with Crippen molar-refractivity contribution in [3.8, 4) is 5.75 Å². The van der Waals surface area contributed by atoms with Gasteiger partial charge in [-0.15, -0.1) is 0 Å². The molecule has 0 atom stereocenters. The molecule has 0 unspecified atom stereocenters. The Morgan fingerprint density at radius 1 is 1.28 bits per heavy atom. The van der Waals surface area contributed by atoms with Gasteiger partial charge in [0.25, 0.3) is 0 Å². The van der Waals surface area contributed by atoms with Crippen LogP contribution in [-0.2, 0) is 13.1 Å². The number of phenolic OH excluding ortho intramolecular Hbond substituents is 1. The van der Waals surface area contributed by atoms with E-state index >= 15 is 0 Å². The summed E-state index contributed by atoms with van der Waals surface area (Å²) in [4.78, 5) is 8.57. The molecule has 0 amide bonds. The van der Waals surface area contributed by atoms with Gasteiger partial charge in [-0.25, -0.2) is 14.4 Å². The first-order chi connectivity index (χ1) is 14.0. The molecule has 3 aromatic rings. The summed E-state index contributed by atoms with van der Waals surface area (Å²) < 4.78 is 16.9. The summed E-state index contributed by atoms with van der Waals surface area (Å²) in [7, 11) is 0. The number of aromatic nitrogens is 2. The first kappa shape index (κ1) is 20.9. The van der Waals surface area contributed by atoms with Crippen molar-refractivity contribution in [3.05, 3.63) is 76.5 Å². The van der Waals surface area contributed by atoms with E-state index in [1.807, 2.05) is 17.7 Å². The number of nitrogens with zero attached hydrogens (tertiary/aromatic N) is 3. The summed E-state index contributed by atoms with van der Waals surface area (Å²) in [5.74, 6) is 0.456. The van der Waals surface area contributed by atoms with Gasteiger partial charge in [-0.1, -0.05) is 15.9 Å². The molecule has 0 aliphatic carbocycles. The summed E-state index contributed by atoms with van der Waals surface area (Å²) in [5.41, 5.74) is 2.20. The van der Waals surface area contributed by atoms with Crippen molar-refractivity contribution in [3.63, 3.8) is 0 Å². The van der Waals surface area contributed by atoms with Crippen molar-refractivity contribution < 1.29 is 9.50 Å². The molecule has 29 heavy (non-hydrogen) atoms. The third-order valence-electron chi connectivity index (χ3n) is 4.32. The number of phenols is 1. The maximum Gasteiger partial charge on any atom is 0.196 e. The van der Waals surface area contributed by atoms with Crippen LogP contribution in [0.15, 0.2) is 64.6 Å². The number of aromatic hydroxyl groups is 1. The van der Waals surface area contributed by atoms with Gasteiger partial charge < -0.3 is 20.3 Å². The Bertz CT molecular complexity index is 975. The second-order valence-electron chi connectivity index (χ2n) is 6.61. The average molecular weight is 460 g/mol. The van der Waals surface area contributed by atoms with Crippen LogP contribution in [0.4, 0.5) is 10.1 Å². The number of guanidine groups is 1. The molecule has 0 spiro atoms. The van der Waals surface area contributed by atoms with Crippen LogP contribution in [0.5, 0.6) is 5.75 Å². The molecule has 0 aliphatic rings. The number of halogens is 2. The van der Waals surface area contributed by atoms with Crippen LogP contribution < -0.4 is 10.6 Å². The minimum absolute atomic E-state index is 0.194. The van der Waals surface area contributed by atoms with Crippen LogP contribution in [0.3, 0.4) is 0 Å². The van der Waals surface area contributed by atoms with E-state index in [4.69, 9.17) is 0 Å². The molecule has 0 bridgehead atoms. The van der Waals surface area contributed by atoms with E-state index < -0.39 is 0 Å². The smallest absolute Gasteiger partial charge is 0.196 e. The van der Waals surface area contributed by atoms with Crippen LogP contribution in [0, 0.1) is 12.7 Å². The lowest BCUT2D eigenvalue weighted by Gasteiger charge is -2.15. The Morgan fingerprint density at radius 3 is 2.90 bits per heavy atom. The molecule has 0 fully saturated rings. The van der Waals surface area contributed by atoms with Crippen LogP contribution in [0.25, 0.3) is 0 Å². The lowest BCUT2D eigenvalue weighted by atomic mass is 10.2. The van der Waals surface area contributed by atoms with Gasteiger partial charge in [-0.05, 0) is 55.3 Å². The molecule has 3 N–H and O–H groups in total. The van der Waals surface area contributed by atoms with Gasteiger partial charge in [0, 0.05) is 41.2 Å². The van der Waals surface area contributed by atoms with Crippen LogP contribution >= 0.6 is 15.9 Å². The van der Waals surface area contributed by atoms with E-state index in [2.05, 4.69) is 36.5 Å². The summed E-state index contributed by atoms with van der Waals surface area (Å²) in [6, 6.07) is 9.88. The Morgan fingerprint density at radius 2 is 2.14 bits per heavy atom. The fraction of sp³-hybridized carbons (Fsp3) is 0.238. The highest BCUT2D eigenvalue weighted by Gasteiger charge is 2.06. The predicted molar refractivity (Wildman–Crippen MR) is 117 cm³/mol. The number of imidazole rings is 1. The number of aliphatic imine (C=N–C) groups is 1. The Labute approximate surface area is 177 Å². The van der Waals surface area contributed by atoms with Gasteiger partial charge in [0.05, 0.1) is 12.9 Å². The maximum absolute atomic E-state index is 14.1. The molecule has 8 heteroatoms. The first-order valence-corrected chi connectivity index (χ1v) is 10.0. The van der Waals surface area contributed by atoms with Crippen LogP contribution in [0.1, 0.15) is 17.5 Å². The number of benzene rings is 2. The molecule has 0 aliphatic heterocycles. The summed E-state index contributed by atoms with van der Waals surface area (Å²) in [5, 5.41) is 16.1. The second kappa shape index (κ2) is 10.1. The first-order valence-electron chi connectivity index (χ1n) is 9.26. The molecule has 1 heterocycles.